The van der Waals surface area contributed by atoms with E-state index in [0.717, 1.165) is 0 Å². The first-order valence-corrected chi connectivity index (χ1v) is 7.10. The van der Waals surface area contributed by atoms with Crippen molar-refractivity contribution in [3.63, 3.8) is 0 Å². The van der Waals surface area contributed by atoms with E-state index in [1.165, 1.54) is 0 Å². The molecular weight excluding hydrogens is 276 g/mol. The monoisotopic (exact) mass is 293 g/mol. The van der Waals surface area contributed by atoms with Gasteiger partial charge in [-0.05, 0) is 12.1 Å². The number of ether oxygens (including phenoxy) is 1. The molecule has 1 aromatic rings. The van der Waals surface area contributed by atoms with E-state index >= 15 is 0 Å². The van der Waals surface area contributed by atoms with Crippen LogP contribution in [0.4, 0.5) is 8.78 Å². The summed E-state index contributed by atoms with van der Waals surface area (Å²) in [5, 5.41) is 13.1. The Morgan fingerprint density at radius 2 is 2.21 bits per heavy atom. The second kappa shape index (κ2) is 6.69. The van der Waals surface area contributed by atoms with Crippen molar-refractivity contribution in [2.24, 2.45) is 0 Å². The van der Waals surface area contributed by atoms with Crippen molar-refractivity contribution >= 4 is 11.8 Å². The summed E-state index contributed by atoms with van der Waals surface area (Å²) in [6.07, 6.45) is 0.619. The fourth-order valence-electron chi connectivity index (χ4n) is 1.89. The second-order valence-corrected chi connectivity index (χ2v) is 5.55. The summed E-state index contributed by atoms with van der Waals surface area (Å²) in [5.41, 5.74) is -0.805. The van der Waals surface area contributed by atoms with E-state index in [9.17, 15) is 13.9 Å². The van der Waals surface area contributed by atoms with E-state index in [1.807, 2.05) is 0 Å². The molecule has 1 saturated heterocycles. The Bertz CT molecular complexity index is 394. The molecular formula is C12H17F2NO3S. The molecule has 1 fully saturated rings. The highest BCUT2D eigenvalue weighted by Gasteiger charge is 2.31. The molecule has 0 spiro atoms. The molecule has 1 aliphatic rings. The molecule has 1 aromatic heterocycles. The van der Waals surface area contributed by atoms with Crippen molar-refractivity contribution in [3.8, 4) is 0 Å². The maximum Gasteiger partial charge on any atom is 0.284 e. The molecule has 0 bridgehead atoms. The van der Waals surface area contributed by atoms with Gasteiger partial charge in [-0.15, -0.1) is 0 Å². The van der Waals surface area contributed by atoms with Gasteiger partial charge < -0.3 is 19.6 Å². The molecule has 0 amide bonds. The first-order valence-electron chi connectivity index (χ1n) is 6.06. The van der Waals surface area contributed by atoms with Gasteiger partial charge in [0.25, 0.3) is 5.76 Å². The summed E-state index contributed by atoms with van der Waals surface area (Å²) in [4.78, 5) is 0. The van der Waals surface area contributed by atoms with E-state index in [-0.39, 0.29) is 5.75 Å². The van der Waals surface area contributed by atoms with Crippen molar-refractivity contribution in [2.45, 2.75) is 30.1 Å². The SMILES string of the molecule is OC1(CNCc2ccc(CSC(F)F)o2)CCOC1. The van der Waals surface area contributed by atoms with E-state index in [2.05, 4.69) is 5.32 Å². The molecule has 1 atom stereocenters. The second-order valence-electron chi connectivity index (χ2n) is 4.57. The molecule has 0 saturated carbocycles. The first kappa shape index (κ1) is 14.8. The Balaban J connectivity index is 1.71. The zero-order valence-electron chi connectivity index (χ0n) is 10.4. The van der Waals surface area contributed by atoms with E-state index in [1.54, 1.807) is 12.1 Å². The number of hydrogen-bond acceptors (Lipinski definition) is 5. The molecule has 108 valence electrons. The van der Waals surface area contributed by atoms with Crippen molar-refractivity contribution in [3.05, 3.63) is 23.7 Å². The van der Waals surface area contributed by atoms with Gasteiger partial charge in [-0.25, -0.2) is 0 Å². The Hall–Kier alpha value is -0.630. The van der Waals surface area contributed by atoms with Gasteiger partial charge in [0, 0.05) is 19.6 Å². The molecule has 1 unspecified atom stereocenters. The van der Waals surface area contributed by atoms with Gasteiger partial charge in [-0.3, -0.25) is 0 Å². The van der Waals surface area contributed by atoms with E-state index in [4.69, 9.17) is 9.15 Å². The number of thioether (sulfide) groups is 1. The highest BCUT2D eigenvalue weighted by Crippen LogP contribution is 2.21. The molecule has 2 rings (SSSR count). The fourth-order valence-corrected chi connectivity index (χ4v) is 2.34. The minimum absolute atomic E-state index is 0.162. The third-order valence-electron chi connectivity index (χ3n) is 2.90. The van der Waals surface area contributed by atoms with E-state index in [0.29, 0.717) is 56.0 Å². The lowest BCUT2D eigenvalue weighted by Crippen LogP contribution is -2.40. The van der Waals surface area contributed by atoms with Crippen molar-refractivity contribution in [2.75, 3.05) is 19.8 Å². The molecule has 2 heterocycles. The Kier molecular flexibility index (Phi) is 5.20. The topological polar surface area (TPSA) is 54.6 Å². The maximum absolute atomic E-state index is 12.0. The summed E-state index contributed by atoms with van der Waals surface area (Å²) in [6, 6.07) is 3.45. The average Bonchev–Trinajstić information content (AvgIpc) is 2.97. The first-order chi connectivity index (χ1) is 9.07. The van der Waals surface area contributed by atoms with Gasteiger partial charge in [-0.1, -0.05) is 11.8 Å². The number of halogens is 2. The van der Waals surface area contributed by atoms with Crippen LogP contribution in [0.25, 0.3) is 0 Å². The van der Waals surface area contributed by atoms with Crippen LogP contribution in [0.15, 0.2) is 16.5 Å². The molecule has 0 aromatic carbocycles. The van der Waals surface area contributed by atoms with Crippen LogP contribution < -0.4 is 5.32 Å². The van der Waals surface area contributed by atoms with Crippen LogP contribution in [0.3, 0.4) is 0 Å². The van der Waals surface area contributed by atoms with Crippen LogP contribution >= 0.6 is 11.8 Å². The van der Waals surface area contributed by atoms with Gasteiger partial charge in [0.15, 0.2) is 0 Å². The summed E-state index contributed by atoms with van der Waals surface area (Å²) in [5.74, 6) is -1.02. The minimum atomic E-state index is -2.39. The largest absolute Gasteiger partial charge is 0.464 e. The molecule has 0 aliphatic carbocycles. The van der Waals surface area contributed by atoms with Crippen molar-refractivity contribution in [1.29, 1.82) is 0 Å². The predicted molar refractivity (Wildman–Crippen MR) is 68.1 cm³/mol. The third kappa shape index (κ3) is 4.76. The summed E-state index contributed by atoms with van der Waals surface area (Å²) in [6.45, 7) is 1.80. The number of furan rings is 1. The quantitative estimate of drug-likeness (QED) is 0.805. The highest BCUT2D eigenvalue weighted by molar-refractivity contribution is 7.98. The smallest absolute Gasteiger partial charge is 0.284 e. The average molecular weight is 293 g/mol. The predicted octanol–water partition coefficient (Wildman–Crippen LogP) is 1.98. The molecule has 2 N–H and O–H groups in total. The molecule has 1 aliphatic heterocycles. The standard InChI is InChI=1S/C12H17F2NO3S/c13-11(14)19-6-10-2-1-9(18-10)5-15-7-12(16)3-4-17-8-12/h1-2,11,15-16H,3-8H2. The van der Waals surface area contributed by atoms with Crippen LogP contribution in [0.2, 0.25) is 0 Å². The van der Waals surface area contributed by atoms with Crippen LogP contribution in [0, 0.1) is 0 Å². The maximum atomic E-state index is 12.0. The number of alkyl halides is 2. The molecule has 7 heteroatoms. The normalized spacial score (nSPS) is 23.4. The molecule has 19 heavy (non-hydrogen) atoms. The van der Waals surface area contributed by atoms with Gasteiger partial charge >= 0.3 is 0 Å². The van der Waals surface area contributed by atoms with Gasteiger partial charge in [0.05, 0.1) is 18.9 Å². The van der Waals surface area contributed by atoms with Gasteiger partial charge in [0.1, 0.15) is 17.1 Å². The lowest BCUT2D eigenvalue weighted by Gasteiger charge is -2.20. The number of rotatable bonds is 7. The lowest BCUT2D eigenvalue weighted by atomic mass is 10.0. The Labute approximate surface area is 114 Å². The third-order valence-corrected chi connectivity index (χ3v) is 3.61. The lowest BCUT2D eigenvalue weighted by molar-refractivity contribution is 0.0265. The van der Waals surface area contributed by atoms with Crippen LogP contribution in [-0.4, -0.2) is 36.2 Å². The molecule has 4 nitrogen and oxygen atoms in total. The fraction of sp³-hybridized carbons (Fsp3) is 0.667. The van der Waals surface area contributed by atoms with Gasteiger partial charge in [-0.2, -0.15) is 8.78 Å². The Morgan fingerprint density at radius 1 is 1.42 bits per heavy atom. The van der Waals surface area contributed by atoms with Gasteiger partial charge in [0.2, 0.25) is 0 Å². The van der Waals surface area contributed by atoms with Crippen molar-refractivity contribution in [1.82, 2.24) is 5.32 Å². The zero-order chi connectivity index (χ0) is 13.7. The number of aliphatic hydroxyl groups is 1. The summed E-state index contributed by atoms with van der Waals surface area (Å²) < 4.78 is 34.6. The summed E-state index contributed by atoms with van der Waals surface area (Å²) >= 11 is 0.537. The van der Waals surface area contributed by atoms with Crippen molar-refractivity contribution < 1.29 is 23.0 Å². The van der Waals surface area contributed by atoms with Crippen LogP contribution in [0.5, 0.6) is 0 Å². The minimum Gasteiger partial charge on any atom is -0.464 e. The van der Waals surface area contributed by atoms with Crippen LogP contribution in [0.1, 0.15) is 17.9 Å². The number of nitrogens with one attached hydrogen (secondary N) is 1. The number of hydrogen-bond donors (Lipinski definition) is 2. The Morgan fingerprint density at radius 3 is 2.89 bits per heavy atom. The highest BCUT2D eigenvalue weighted by atomic mass is 32.2. The van der Waals surface area contributed by atoms with Crippen LogP contribution in [-0.2, 0) is 17.0 Å². The molecule has 0 radical (unpaired) electrons. The van der Waals surface area contributed by atoms with E-state index < -0.39 is 11.4 Å². The summed E-state index contributed by atoms with van der Waals surface area (Å²) in [7, 11) is 0. The zero-order valence-corrected chi connectivity index (χ0v) is 11.2.